The minimum Gasteiger partial charge on any atom is -0.478 e. The van der Waals surface area contributed by atoms with Crippen LogP contribution in [-0.4, -0.2) is 11.6 Å². The highest BCUT2D eigenvalue weighted by atomic mass is 16.5. The molecule has 98 valence electrons. The Morgan fingerprint density at radius 1 is 1.00 bits per heavy atom. The molecule has 0 spiro atoms. The van der Waals surface area contributed by atoms with Crippen molar-refractivity contribution < 1.29 is 4.74 Å². The summed E-state index contributed by atoms with van der Waals surface area (Å²) >= 11 is 0. The normalized spacial score (nSPS) is 10.8. The van der Waals surface area contributed by atoms with Gasteiger partial charge in [-0.3, -0.25) is 0 Å². The standard InChI is InChI=1S/C17H19NO/c1-3-12-19-17-11-10-16(13-18-17)9-8-15-6-4-14(2)5-7-15/h4-11,13H,3,12H2,1-2H3/b9-8+. The van der Waals surface area contributed by atoms with Crippen molar-refractivity contribution in [2.75, 3.05) is 6.61 Å². The fourth-order valence-corrected chi connectivity index (χ4v) is 1.65. The zero-order valence-corrected chi connectivity index (χ0v) is 11.5. The molecule has 0 saturated heterocycles. The van der Waals surface area contributed by atoms with Gasteiger partial charge in [-0.25, -0.2) is 4.98 Å². The van der Waals surface area contributed by atoms with Gasteiger partial charge in [0.1, 0.15) is 0 Å². The minimum atomic E-state index is 0.689. The first-order chi connectivity index (χ1) is 9.28. The van der Waals surface area contributed by atoms with Crippen LogP contribution >= 0.6 is 0 Å². The van der Waals surface area contributed by atoms with Gasteiger partial charge in [0.25, 0.3) is 0 Å². The average Bonchev–Trinajstić information content (AvgIpc) is 2.46. The Hall–Kier alpha value is -2.09. The molecule has 0 fully saturated rings. The van der Waals surface area contributed by atoms with Crippen LogP contribution in [0.5, 0.6) is 5.88 Å². The van der Waals surface area contributed by atoms with Gasteiger partial charge in [-0.05, 0) is 30.5 Å². The Labute approximate surface area is 114 Å². The molecule has 0 amide bonds. The number of ether oxygens (including phenoxy) is 1. The van der Waals surface area contributed by atoms with Crippen LogP contribution in [0, 0.1) is 6.92 Å². The zero-order chi connectivity index (χ0) is 13.5. The number of hydrogen-bond donors (Lipinski definition) is 0. The first-order valence-electron chi connectivity index (χ1n) is 6.61. The van der Waals surface area contributed by atoms with Crippen molar-refractivity contribution in [2.24, 2.45) is 0 Å². The molecule has 0 aliphatic rings. The molecule has 0 radical (unpaired) electrons. The van der Waals surface area contributed by atoms with Crippen LogP contribution in [0.4, 0.5) is 0 Å². The van der Waals surface area contributed by atoms with Gasteiger partial charge >= 0.3 is 0 Å². The number of nitrogens with zero attached hydrogens (tertiary/aromatic N) is 1. The van der Waals surface area contributed by atoms with E-state index in [4.69, 9.17) is 4.74 Å². The number of benzene rings is 1. The lowest BCUT2D eigenvalue weighted by molar-refractivity contribution is 0.305. The molecular weight excluding hydrogens is 234 g/mol. The second-order valence-electron chi connectivity index (χ2n) is 4.52. The number of hydrogen-bond acceptors (Lipinski definition) is 2. The molecule has 2 aromatic rings. The molecule has 0 aliphatic heterocycles. The molecule has 1 aromatic heterocycles. The summed E-state index contributed by atoms with van der Waals surface area (Å²) in [7, 11) is 0. The number of pyridine rings is 1. The Kier molecular flexibility index (Phi) is 4.73. The average molecular weight is 253 g/mol. The first-order valence-corrected chi connectivity index (χ1v) is 6.61. The molecule has 0 bridgehead atoms. The molecule has 2 heteroatoms. The minimum absolute atomic E-state index is 0.689. The van der Waals surface area contributed by atoms with Crippen LogP contribution in [0.15, 0.2) is 42.6 Å². The lowest BCUT2D eigenvalue weighted by Gasteiger charge is -2.02. The summed E-state index contributed by atoms with van der Waals surface area (Å²) in [5.41, 5.74) is 3.54. The Balaban J connectivity index is 2.00. The molecule has 0 saturated carbocycles. The van der Waals surface area contributed by atoms with Crippen molar-refractivity contribution in [2.45, 2.75) is 20.3 Å². The third-order valence-corrected chi connectivity index (χ3v) is 2.76. The van der Waals surface area contributed by atoms with Crippen molar-refractivity contribution in [3.63, 3.8) is 0 Å². The van der Waals surface area contributed by atoms with Crippen molar-refractivity contribution >= 4 is 12.2 Å². The quantitative estimate of drug-likeness (QED) is 0.790. The van der Waals surface area contributed by atoms with E-state index in [1.807, 2.05) is 18.3 Å². The summed E-state index contributed by atoms with van der Waals surface area (Å²) < 4.78 is 5.45. The van der Waals surface area contributed by atoms with E-state index in [1.54, 1.807) is 0 Å². The number of aryl methyl sites for hydroxylation is 1. The second kappa shape index (κ2) is 6.74. The van der Waals surface area contributed by atoms with Gasteiger partial charge in [0, 0.05) is 12.3 Å². The third-order valence-electron chi connectivity index (χ3n) is 2.76. The summed E-state index contributed by atoms with van der Waals surface area (Å²) in [6.45, 7) is 4.89. The van der Waals surface area contributed by atoms with Crippen LogP contribution in [0.2, 0.25) is 0 Å². The molecule has 0 aliphatic carbocycles. The summed E-state index contributed by atoms with van der Waals surface area (Å²) in [4.78, 5) is 4.27. The van der Waals surface area contributed by atoms with Gasteiger partial charge in [0.2, 0.25) is 5.88 Å². The fraction of sp³-hybridized carbons (Fsp3) is 0.235. The largest absolute Gasteiger partial charge is 0.478 e. The van der Waals surface area contributed by atoms with Gasteiger partial charge in [-0.15, -0.1) is 0 Å². The first kappa shape index (κ1) is 13.3. The fourth-order valence-electron chi connectivity index (χ4n) is 1.65. The Morgan fingerprint density at radius 3 is 2.32 bits per heavy atom. The van der Waals surface area contributed by atoms with Crippen molar-refractivity contribution in [1.82, 2.24) is 4.98 Å². The van der Waals surface area contributed by atoms with Crippen LogP contribution in [0.1, 0.15) is 30.0 Å². The predicted molar refractivity (Wildman–Crippen MR) is 80.1 cm³/mol. The molecular formula is C17H19NO. The van der Waals surface area contributed by atoms with Crippen LogP contribution < -0.4 is 4.74 Å². The summed E-state index contributed by atoms with van der Waals surface area (Å²) in [6, 6.07) is 12.4. The van der Waals surface area contributed by atoms with Crippen molar-refractivity contribution in [3.8, 4) is 5.88 Å². The SMILES string of the molecule is CCCOc1ccc(/C=C/c2ccc(C)cc2)cn1. The lowest BCUT2D eigenvalue weighted by atomic mass is 10.1. The molecule has 2 rings (SSSR count). The summed E-state index contributed by atoms with van der Waals surface area (Å²) in [6.07, 6.45) is 6.97. The van der Waals surface area contributed by atoms with Gasteiger partial charge in [-0.2, -0.15) is 0 Å². The monoisotopic (exact) mass is 253 g/mol. The zero-order valence-electron chi connectivity index (χ0n) is 11.5. The number of rotatable bonds is 5. The highest BCUT2D eigenvalue weighted by molar-refractivity contribution is 5.69. The van der Waals surface area contributed by atoms with Crippen LogP contribution in [0.25, 0.3) is 12.2 Å². The van der Waals surface area contributed by atoms with Gasteiger partial charge < -0.3 is 4.74 Å². The van der Waals surface area contributed by atoms with Gasteiger partial charge in [0.15, 0.2) is 0 Å². The molecule has 1 heterocycles. The maximum atomic E-state index is 5.45. The van der Waals surface area contributed by atoms with Crippen molar-refractivity contribution in [1.29, 1.82) is 0 Å². The Bertz CT molecular complexity index is 526. The van der Waals surface area contributed by atoms with E-state index < -0.39 is 0 Å². The predicted octanol–water partition coefficient (Wildman–Crippen LogP) is 4.35. The van der Waals surface area contributed by atoms with E-state index in [1.165, 1.54) is 11.1 Å². The summed E-state index contributed by atoms with van der Waals surface area (Å²) in [5.74, 6) is 0.689. The van der Waals surface area contributed by atoms with E-state index >= 15 is 0 Å². The van der Waals surface area contributed by atoms with E-state index in [0.29, 0.717) is 12.5 Å². The Morgan fingerprint density at radius 2 is 1.68 bits per heavy atom. The molecule has 19 heavy (non-hydrogen) atoms. The van der Waals surface area contributed by atoms with Gasteiger partial charge in [0.05, 0.1) is 6.61 Å². The smallest absolute Gasteiger partial charge is 0.213 e. The molecule has 0 atom stereocenters. The molecule has 2 nitrogen and oxygen atoms in total. The van der Waals surface area contributed by atoms with E-state index in [0.717, 1.165) is 12.0 Å². The van der Waals surface area contributed by atoms with Crippen molar-refractivity contribution in [3.05, 3.63) is 59.3 Å². The van der Waals surface area contributed by atoms with E-state index in [9.17, 15) is 0 Å². The maximum absolute atomic E-state index is 5.45. The van der Waals surface area contributed by atoms with Gasteiger partial charge in [-0.1, -0.05) is 48.9 Å². The van der Waals surface area contributed by atoms with Crippen LogP contribution in [-0.2, 0) is 0 Å². The summed E-state index contributed by atoms with van der Waals surface area (Å²) in [5, 5.41) is 0. The maximum Gasteiger partial charge on any atom is 0.213 e. The highest BCUT2D eigenvalue weighted by Crippen LogP contribution is 2.12. The lowest BCUT2D eigenvalue weighted by Crippen LogP contribution is -1.96. The van der Waals surface area contributed by atoms with E-state index in [2.05, 4.69) is 55.2 Å². The molecule has 0 N–H and O–H groups in total. The van der Waals surface area contributed by atoms with E-state index in [-0.39, 0.29) is 0 Å². The molecule has 0 unspecified atom stereocenters. The topological polar surface area (TPSA) is 22.1 Å². The second-order valence-corrected chi connectivity index (χ2v) is 4.52. The third kappa shape index (κ3) is 4.25. The molecule has 1 aromatic carbocycles. The van der Waals surface area contributed by atoms with Crippen LogP contribution in [0.3, 0.4) is 0 Å². The highest BCUT2D eigenvalue weighted by Gasteiger charge is 1.94. The number of aromatic nitrogens is 1.